The molecule has 1 aromatic rings. The van der Waals surface area contributed by atoms with Crippen LogP contribution in [0, 0.1) is 11.7 Å². The summed E-state index contributed by atoms with van der Waals surface area (Å²) < 4.78 is 17.9. The van der Waals surface area contributed by atoms with E-state index >= 15 is 0 Å². The summed E-state index contributed by atoms with van der Waals surface area (Å²) >= 11 is 0. The molecule has 0 amide bonds. The minimum atomic E-state index is -0.359. The first-order valence-electron chi connectivity index (χ1n) is 4.42. The monoisotopic (exact) mass is 183 g/mol. The van der Waals surface area contributed by atoms with Crippen molar-refractivity contribution in [3.05, 3.63) is 24.3 Å². The van der Waals surface area contributed by atoms with Crippen molar-refractivity contribution in [2.24, 2.45) is 5.92 Å². The maximum Gasteiger partial charge on any atom is 0.145 e. The van der Waals surface area contributed by atoms with E-state index in [0.717, 1.165) is 12.6 Å². The Morgan fingerprint density at radius 3 is 2.85 bits per heavy atom. The summed E-state index contributed by atoms with van der Waals surface area (Å²) in [6.07, 6.45) is 3.65. The van der Waals surface area contributed by atoms with Crippen molar-refractivity contribution >= 4 is 0 Å². The minimum Gasteiger partial charge on any atom is -0.492 e. The lowest BCUT2D eigenvalue weighted by atomic mass is 10.1. The van der Waals surface area contributed by atoms with Gasteiger partial charge in [0.1, 0.15) is 11.6 Å². The van der Waals surface area contributed by atoms with Crippen LogP contribution in [0.3, 0.4) is 0 Å². The highest BCUT2D eigenvalue weighted by Gasteiger charge is 1.98. The van der Waals surface area contributed by atoms with Gasteiger partial charge in [-0.25, -0.2) is 4.39 Å². The van der Waals surface area contributed by atoms with Crippen LogP contribution in [0.4, 0.5) is 4.39 Å². The van der Waals surface area contributed by atoms with Gasteiger partial charge in [-0.3, -0.25) is 4.98 Å². The number of nitrogens with zero attached hydrogens (tertiary/aromatic N) is 1. The first-order valence-corrected chi connectivity index (χ1v) is 4.42. The summed E-state index contributed by atoms with van der Waals surface area (Å²) in [7, 11) is 0. The van der Waals surface area contributed by atoms with Gasteiger partial charge in [0.15, 0.2) is 0 Å². The number of hydrogen-bond acceptors (Lipinski definition) is 2. The molecule has 0 spiro atoms. The first-order chi connectivity index (χ1) is 6.18. The fourth-order valence-corrected chi connectivity index (χ4v) is 0.884. The van der Waals surface area contributed by atoms with E-state index in [4.69, 9.17) is 4.74 Å². The predicted molar refractivity (Wildman–Crippen MR) is 49.1 cm³/mol. The molecular weight excluding hydrogens is 169 g/mol. The number of aromatic nitrogens is 1. The predicted octanol–water partition coefficient (Wildman–Crippen LogP) is 2.65. The second kappa shape index (κ2) is 4.80. The molecule has 0 saturated heterocycles. The van der Waals surface area contributed by atoms with Gasteiger partial charge in [0.2, 0.25) is 0 Å². The normalized spacial score (nSPS) is 10.5. The minimum absolute atomic E-state index is 0.359. The lowest BCUT2D eigenvalue weighted by molar-refractivity contribution is 0.287. The van der Waals surface area contributed by atoms with E-state index in [-0.39, 0.29) is 5.82 Å². The van der Waals surface area contributed by atoms with Gasteiger partial charge >= 0.3 is 0 Å². The van der Waals surface area contributed by atoms with E-state index in [1.807, 2.05) is 0 Å². The van der Waals surface area contributed by atoms with E-state index in [1.54, 1.807) is 0 Å². The summed E-state index contributed by atoms with van der Waals surface area (Å²) in [6, 6.07) is 1.34. The molecule has 0 aliphatic heterocycles. The van der Waals surface area contributed by atoms with Crippen molar-refractivity contribution in [3.8, 4) is 5.75 Å². The Kier molecular flexibility index (Phi) is 3.68. The van der Waals surface area contributed by atoms with Crippen LogP contribution in [0.2, 0.25) is 0 Å². The molecule has 1 rings (SSSR count). The van der Waals surface area contributed by atoms with E-state index in [9.17, 15) is 4.39 Å². The number of ether oxygens (including phenoxy) is 1. The molecule has 0 unspecified atom stereocenters. The van der Waals surface area contributed by atoms with Gasteiger partial charge in [-0.2, -0.15) is 0 Å². The molecule has 0 aromatic carbocycles. The van der Waals surface area contributed by atoms with Crippen LogP contribution in [0.25, 0.3) is 0 Å². The smallest absolute Gasteiger partial charge is 0.145 e. The van der Waals surface area contributed by atoms with Crippen LogP contribution < -0.4 is 4.74 Å². The van der Waals surface area contributed by atoms with Crippen LogP contribution in [-0.2, 0) is 0 Å². The maximum atomic E-state index is 12.6. The van der Waals surface area contributed by atoms with E-state index in [2.05, 4.69) is 18.8 Å². The molecule has 0 bridgehead atoms. The Hall–Kier alpha value is -1.12. The molecule has 1 aromatic heterocycles. The molecule has 0 fully saturated rings. The fourth-order valence-electron chi connectivity index (χ4n) is 0.884. The van der Waals surface area contributed by atoms with Gasteiger partial charge in [0, 0.05) is 6.07 Å². The summed E-state index contributed by atoms with van der Waals surface area (Å²) in [5, 5.41) is 0. The highest BCUT2D eigenvalue weighted by atomic mass is 19.1. The van der Waals surface area contributed by atoms with Gasteiger partial charge in [0.05, 0.1) is 19.0 Å². The van der Waals surface area contributed by atoms with Gasteiger partial charge in [-0.1, -0.05) is 13.8 Å². The van der Waals surface area contributed by atoms with Crippen molar-refractivity contribution in [3.63, 3.8) is 0 Å². The molecule has 3 heteroatoms. The van der Waals surface area contributed by atoms with Crippen LogP contribution in [0.5, 0.6) is 5.75 Å². The largest absolute Gasteiger partial charge is 0.492 e. The second-order valence-corrected chi connectivity index (χ2v) is 3.37. The zero-order valence-electron chi connectivity index (χ0n) is 7.96. The SMILES string of the molecule is CC(C)CCOc1cncc(F)c1. The molecule has 0 radical (unpaired) electrons. The molecule has 0 aliphatic carbocycles. The Morgan fingerprint density at radius 2 is 2.23 bits per heavy atom. The van der Waals surface area contributed by atoms with Crippen LogP contribution in [0.15, 0.2) is 18.5 Å². The fraction of sp³-hybridized carbons (Fsp3) is 0.500. The van der Waals surface area contributed by atoms with Gasteiger partial charge < -0.3 is 4.74 Å². The lowest BCUT2D eigenvalue weighted by Crippen LogP contribution is -2.01. The zero-order valence-corrected chi connectivity index (χ0v) is 7.96. The van der Waals surface area contributed by atoms with Crippen molar-refractivity contribution in [2.75, 3.05) is 6.61 Å². The molecule has 0 N–H and O–H groups in total. The molecule has 0 aliphatic rings. The summed E-state index contributed by atoms with van der Waals surface area (Å²) in [4.78, 5) is 3.68. The van der Waals surface area contributed by atoms with Crippen molar-refractivity contribution in [2.45, 2.75) is 20.3 Å². The number of rotatable bonds is 4. The van der Waals surface area contributed by atoms with E-state index < -0.39 is 0 Å². The molecule has 0 atom stereocenters. The zero-order chi connectivity index (χ0) is 9.68. The number of pyridine rings is 1. The lowest BCUT2D eigenvalue weighted by Gasteiger charge is -2.06. The Labute approximate surface area is 77.8 Å². The molecule has 0 saturated carbocycles. The van der Waals surface area contributed by atoms with Crippen LogP contribution in [0.1, 0.15) is 20.3 Å². The van der Waals surface area contributed by atoms with Crippen molar-refractivity contribution < 1.29 is 9.13 Å². The van der Waals surface area contributed by atoms with Gasteiger partial charge in [-0.05, 0) is 12.3 Å². The Balaban J connectivity index is 2.37. The summed E-state index contributed by atoms with van der Waals surface area (Å²) in [6.45, 7) is 4.85. The van der Waals surface area contributed by atoms with Gasteiger partial charge in [-0.15, -0.1) is 0 Å². The van der Waals surface area contributed by atoms with E-state index in [0.29, 0.717) is 18.3 Å². The molecular formula is C10H14FNO. The molecule has 2 nitrogen and oxygen atoms in total. The third kappa shape index (κ3) is 3.87. The first kappa shape index (κ1) is 9.96. The number of halogens is 1. The average Bonchev–Trinajstić information content (AvgIpc) is 2.03. The van der Waals surface area contributed by atoms with Crippen LogP contribution in [-0.4, -0.2) is 11.6 Å². The highest BCUT2D eigenvalue weighted by molar-refractivity contribution is 5.16. The van der Waals surface area contributed by atoms with Crippen LogP contribution >= 0.6 is 0 Å². The summed E-state index contributed by atoms with van der Waals surface area (Å²) in [5.41, 5.74) is 0. The average molecular weight is 183 g/mol. The second-order valence-electron chi connectivity index (χ2n) is 3.37. The van der Waals surface area contributed by atoms with Gasteiger partial charge in [0.25, 0.3) is 0 Å². The molecule has 72 valence electrons. The third-order valence-corrected chi connectivity index (χ3v) is 1.64. The Morgan fingerprint density at radius 1 is 1.46 bits per heavy atom. The Bertz CT molecular complexity index is 263. The van der Waals surface area contributed by atoms with Crippen molar-refractivity contribution in [1.82, 2.24) is 4.98 Å². The molecule has 1 heterocycles. The van der Waals surface area contributed by atoms with E-state index in [1.165, 1.54) is 12.3 Å². The quantitative estimate of drug-likeness (QED) is 0.715. The van der Waals surface area contributed by atoms with Crippen molar-refractivity contribution in [1.29, 1.82) is 0 Å². The maximum absolute atomic E-state index is 12.6. The standard InChI is InChI=1S/C10H14FNO/c1-8(2)3-4-13-10-5-9(11)6-12-7-10/h5-8H,3-4H2,1-2H3. The topological polar surface area (TPSA) is 22.1 Å². The number of hydrogen-bond donors (Lipinski definition) is 0. The summed E-state index contributed by atoms with van der Waals surface area (Å²) in [5.74, 6) is 0.740. The highest BCUT2D eigenvalue weighted by Crippen LogP contribution is 2.10. The molecule has 13 heavy (non-hydrogen) atoms. The third-order valence-electron chi connectivity index (χ3n) is 1.64.